The lowest BCUT2D eigenvalue weighted by Gasteiger charge is -2.09. The summed E-state index contributed by atoms with van der Waals surface area (Å²) >= 11 is 6.67. The van der Waals surface area contributed by atoms with Crippen molar-refractivity contribution in [2.75, 3.05) is 0 Å². The van der Waals surface area contributed by atoms with Crippen LogP contribution in [0.25, 0.3) is 22.2 Å². The molecule has 0 spiro atoms. The van der Waals surface area contributed by atoms with Crippen molar-refractivity contribution in [2.45, 2.75) is 32.5 Å². The van der Waals surface area contributed by atoms with Crippen molar-refractivity contribution in [3.05, 3.63) is 59.6 Å². The minimum atomic E-state index is -0.118. The fourth-order valence-corrected chi connectivity index (χ4v) is 3.73. The predicted molar refractivity (Wildman–Crippen MR) is 113 cm³/mol. The van der Waals surface area contributed by atoms with Crippen LogP contribution in [0.2, 0.25) is 5.02 Å². The number of rotatable bonds is 7. The molecular formula is C21H20ClN7O. The first-order chi connectivity index (χ1) is 14.7. The molecule has 2 heterocycles. The number of hydrogen-bond acceptors (Lipinski definition) is 5. The molecule has 1 saturated carbocycles. The first-order valence-electron chi connectivity index (χ1n) is 9.87. The summed E-state index contributed by atoms with van der Waals surface area (Å²) < 4.78 is 3.44. The largest absolute Gasteiger partial charge is 0.350 e. The maximum Gasteiger partial charge on any atom is 0.242 e. The minimum Gasteiger partial charge on any atom is -0.350 e. The zero-order valence-electron chi connectivity index (χ0n) is 16.2. The molecule has 5 rings (SSSR count). The van der Waals surface area contributed by atoms with Gasteiger partial charge < -0.3 is 5.32 Å². The van der Waals surface area contributed by atoms with Gasteiger partial charge in [0, 0.05) is 18.7 Å². The molecule has 0 atom stereocenters. The number of benzene rings is 2. The van der Waals surface area contributed by atoms with Crippen LogP contribution in [0, 0.1) is 5.92 Å². The first-order valence-corrected chi connectivity index (χ1v) is 10.3. The van der Waals surface area contributed by atoms with Crippen molar-refractivity contribution >= 4 is 28.5 Å². The molecule has 1 N–H and O–H groups in total. The van der Waals surface area contributed by atoms with Crippen molar-refractivity contribution in [3.8, 4) is 11.1 Å². The quantitative estimate of drug-likeness (QED) is 0.495. The Balaban J connectivity index is 1.28. The van der Waals surface area contributed by atoms with Gasteiger partial charge >= 0.3 is 0 Å². The van der Waals surface area contributed by atoms with Crippen LogP contribution in [0.1, 0.15) is 18.4 Å². The fraction of sp³-hybridized carbons (Fsp3) is 0.286. The smallest absolute Gasteiger partial charge is 0.242 e. The third-order valence-electron chi connectivity index (χ3n) is 5.28. The van der Waals surface area contributed by atoms with Crippen LogP contribution >= 0.6 is 11.6 Å². The molecule has 1 aliphatic carbocycles. The van der Waals surface area contributed by atoms with E-state index in [0.717, 1.165) is 40.2 Å². The van der Waals surface area contributed by atoms with Crippen LogP contribution in [0.4, 0.5) is 0 Å². The summed E-state index contributed by atoms with van der Waals surface area (Å²) in [7, 11) is 0. The van der Waals surface area contributed by atoms with Crippen molar-refractivity contribution in [1.29, 1.82) is 0 Å². The monoisotopic (exact) mass is 421 g/mol. The zero-order chi connectivity index (χ0) is 20.5. The number of nitrogens with one attached hydrogen (secondary N) is 1. The van der Waals surface area contributed by atoms with Crippen LogP contribution in [-0.4, -0.2) is 35.7 Å². The summed E-state index contributed by atoms with van der Waals surface area (Å²) in [6, 6.07) is 12.0. The minimum absolute atomic E-state index is 0.118. The number of carbonyl (C=O) groups excluding carboxylic acids is 1. The molecule has 8 nitrogen and oxygen atoms in total. The third kappa shape index (κ3) is 3.91. The van der Waals surface area contributed by atoms with Crippen molar-refractivity contribution in [2.24, 2.45) is 5.92 Å². The van der Waals surface area contributed by atoms with Gasteiger partial charge in [-0.1, -0.05) is 47.1 Å². The fourth-order valence-electron chi connectivity index (χ4n) is 3.43. The number of nitrogens with zero attached hydrogens (tertiary/aromatic N) is 6. The standard InChI is InChI=1S/C21H20ClN7O/c22-20-17(7-8-18-21(20)26-27-29(18)10-15-1-2-15)16-5-3-14(4-6-16)9-24-19(30)11-28-13-23-12-25-28/h3-8,12-13,15H,1-2,9-11H2,(H,24,30). The summed E-state index contributed by atoms with van der Waals surface area (Å²) in [5, 5.41) is 16.0. The Labute approximate surface area is 177 Å². The highest BCUT2D eigenvalue weighted by atomic mass is 35.5. The molecule has 1 fully saturated rings. The molecule has 0 saturated heterocycles. The molecule has 2 aromatic carbocycles. The summed E-state index contributed by atoms with van der Waals surface area (Å²) in [4.78, 5) is 15.8. The number of aromatic nitrogens is 6. The highest BCUT2D eigenvalue weighted by Gasteiger charge is 2.23. The number of amides is 1. The maximum absolute atomic E-state index is 12.0. The van der Waals surface area contributed by atoms with E-state index < -0.39 is 0 Å². The Morgan fingerprint density at radius 1 is 1.17 bits per heavy atom. The van der Waals surface area contributed by atoms with Gasteiger partial charge in [-0.3, -0.25) is 4.79 Å². The molecule has 152 valence electrons. The third-order valence-corrected chi connectivity index (χ3v) is 5.66. The van der Waals surface area contributed by atoms with E-state index >= 15 is 0 Å². The molecule has 1 aliphatic rings. The van der Waals surface area contributed by atoms with Crippen LogP contribution in [0.5, 0.6) is 0 Å². The van der Waals surface area contributed by atoms with Crippen molar-refractivity contribution in [3.63, 3.8) is 0 Å². The van der Waals surface area contributed by atoms with E-state index in [0.29, 0.717) is 11.6 Å². The van der Waals surface area contributed by atoms with Gasteiger partial charge in [0.05, 0.1) is 10.5 Å². The topological polar surface area (TPSA) is 90.5 Å². The highest BCUT2D eigenvalue weighted by molar-refractivity contribution is 6.37. The normalized spacial score (nSPS) is 13.6. The van der Waals surface area contributed by atoms with Gasteiger partial charge in [-0.25, -0.2) is 14.3 Å². The van der Waals surface area contributed by atoms with Gasteiger partial charge in [0.15, 0.2) is 0 Å². The SMILES string of the molecule is O=C(Cn1cncn1)NCc1ccc(-c2ccc3c(nnn3CC3CC3)c2Cl)cc1. The number of hydrogen-bond donors (Lipinski definition) is 1. The average molecular weight is 422 g/mol. The van der Waals surface area contributed by atoms with Gasteiger partial charge in [0.1, 0.15) is 24.7 Å². The second-order valence-corrected chi connectivity index (χ2v) is 7.95. The Morgan fingerprint density at radius 2 is 2.00 bits per heavy atom. The molecular weight excluding hydrogens is 402 g/mol. The lowest BCUT2D eigenvalue weighted by molar-refractivity contribution is -0.122. The summed E-state index contributed by atoms with van der Waals surface area (Å²) in [6.45, 7) is 1.49. The lowest BCUT2D eigenvalue weighted by Crippen LogP contribution is -2.27. The lowest BCUT2D eigenvalue weighted by atomic mass is 10.0. The highest BCUT2D eigenvalue weighted by Crippen LogP contribution is 2.35. The Morgan fingerprint density at radius 3 is 2.73 bits per heavy atom. The summed E-state index contributed by atoms with van der Waals surface area (Å²) in [5.41, 5.74) is 4.63. The molecule has 0 unspecified atom stereocenters. The van der Waals surface area contributed by atoms with E-state index in [2.05, 4.69) is 25.7 Å². The molecule has 0 aliphatic heterocycles. The molecule has 30 heavy (non-hydrogen) atoms. The van der Waals surface area contributed by atoms with E-state index in [4.69, 9.17) is 11.6 Å². The van der Waals surface area contributed by atoms with Crippen molar-refractivity contribution in [1.82, 2.24) is 35.1 Å². The Hall–Kier alpha value is -3.26. The van der Waals surface area contributed by atoms with Gasteiger partial charge in [0.2, 0.25) is 5.91 Å². The van der Waals surface area contributed by atoms with Crippen LogP contribution in [0.3, 0.4) is 0 Å². The second kappa shape index (κ2) is 7.87. The average Bonchev–Trinajstić information content (AvgIpc) is 3.24. The van der Waals surface area contributed by atoms with Crippen molar-refractivity contribution < 1.29 is 4.79 Å². The zero-order valence-corrected chi connectivity index (χ0v) is 17.0. The predicted octanol–water partition coefficient (Wildman–Crippen LogP) is 3.07. The van der Waals surface area contributed by atoms with E-state index in [1.165, 1.54) is 30.2 Å². The molecule has 2 aromatic heterocycles. The van der Waals surface area contributed by atoms with Gasteiger partial charge in [0.25, 0.3) is 0 Å². The number of halogens is 1. The molecule has 4 aromatic rings. The number of carbonyl (C=O) groups is 1. The van der Waals surface area contributed by atoms with Crippen LogP contribution in [-0.2, 0) is 24.4 Å². The summed E-state index contributed by atoms with van der Waals surface area (Å²) in [5.74, 6) is 0.602. The van der Waals surface area contributed by atoms with Gasteiger partial charge in [-0.05, 0) is 36.0 Å². The van der Waals surface area contributed by atoms with Crippen LogP contribution in [0.15, 0.2) is 49.1 Å². The molecule has 0 radical (unpaired) electrons. The number of fused-ring (bicyclic) bond motifs is 1. The molecule has 0 bridgehead atoms. The molecule has 9 heteroatoms. The first kappa shape index (κ1) is 18.7. The van der Waals surface area contributed by atoms with Crippen LogP contribution < -0.4 is 5.32 Å². The van der Waals surface area contributed by atoms with E-state index in [9.17, 15) is 4.79 Å². The summed E-state index contributed by atoms with van der Waals surface area (Å²) in [6.07, 6.45) is 5.45. The van der Waals surface area contributed by atoms with Gasteiger partial charge in [-0.2, -0.15) is 5.10 Å². The van der Waals surface area contributed by atoms with E-state index in [-0.39, 0.29) is 12.5 Å². The maximum atomic E-state index is 12.0. The van der Waals surface area contributed by atoms with E-state index in [1.807, 2.05) is 41.1 Å². The van der Waals surface area contributed by atoms with E-state index in [1.54, 1.807) is 0 Å². The molecule has 1 amide bonds. The van der Waals surface area contributed by atoms with Gasteiger partial charge in [-0.15, -0.1) is 5.10 Å². The Kier molecular flexibility index (Phi) is 4.92. The Bertz CT molecular complexity index is 1180. The second-order valence-electron chi connectivity index (χ2n) is 7.58.